The highest BCUT2D eigenvalue weighted by molar-refractivity contribution is 7.22. The molecule has 1 aromatic carbocycles. The summed E-state index contributed by atoms with van der Waals surface area (Å²) in [5.41, 5.74) is -1.48. The van der Waals surface area contributed by atoms with Gasteiger partial charge in [-0.25, -0.2) is 8.78 Å². The van der Waals surface area contributed by atoms with E-state index in [1.54, 1.807) is 71.9 Å². The molecule has 30 heavy (non-hydrogen) atoms. The number of hydrogen-bond acceptors (Lipinski definition) is 2. The van der Waals surface area contributed by atoms with Crippen LogP contribution in [0.4, 0.5) is 21.7 Å². The van der Waals surface area contributed by atoms with Gasteiger partial charge >= 0.3 is 7.88 Å². The summed E-state index contributed by atoms with van der Waals surface area (Å²) in [5, 5.41) is -1.50. The van der Waals surface area contributed by atoms with Gasteiger partial charge in [0.15, 0.2) is 11.6 Å². The molecule has 2 aromatic rings. The average Bonchev–Trinajstić information content (AvgIpc) is 2.57. The SMILES string of the molecule is CC(C)(C)N=C(c1ccccc1)N(C(C)(C)C)[Si](F)(Cl)c1c(F)c(F)nc(F)c1F. The van der Waals surface area contributed by atoms with Gasteiger partial charge in [0.05, 0.1) is 10.7 Å². The molecule has 0 fully saturated rings. The monoisotopic (exact) mass is 463 g/mol. The highest BCUT2D eigenvalue weighted by Crippen LogP contribution is 2.32. The zero-order chi connectivity index (χ0) is 23.1. The Morgan fingerprint density at radius 2 is 1.40 bits per heavy atom. The van der Waals surface area contributed by atoms with Crippen molar-refractivity contribution in [2.24, 2.45) is 4.99 Å². The Balaban J connectivity index is 2.90. The minimum atomic E-state index is -5.44. The lowest BCUT2D eigenvalue weighted by atomic mass is 10.1. The fourth-order valence-corrected chi connectivity index (χ4v) is 6.63. The summed E-state index contributed by atoms with van der Waals surface area (Å²) in [6, 6.07) is 8.34. The van der Waals surface area contributed by atoms with Gasteiger partial charge in [0, 0.05) is 11.1 Å². The van der Waals surface area contributed by atoms with Crippen LogP contribution in [0.5, 0.6) is 0 Å². The number of aromatic nitrogens is 1. The standard InChI is InChI=1S/C20H23ClF5N3Si/c1-19(2,3)28-18(12-10-8-7-9-11-12)29(20(4,5)6)30(21,26)15-13(22)16(24)27-17(25)14(15)23/h7-11H,1-6H3. The van der Waals surface area contributed by atoms with Crippen LogP contribution in [0.3, 0.4) is 0 Å². The molecule has 0 saturated carbocycles. The molecule has 0 aliphatic rings. The molecule has 1 atom stereocenters. The molecule has 0 amide bonds. The highest BCUT2D eigenvalue weighted by Gasteiger charge is 2.54. The van der Waals surface area contributed by atoms with E-state index in [1.165, 1.54) is 0 Å². The second-order valence-electron chi connectivity index (χ2n) is 8.72. The summed E-state index contributed by atoms with van der Waals surface area (Å²) in [5.74, 6) is -7.86. The van der Waals surface area contributed by atoms with Gasteiger partial charge in [0.1, 0.15) is 5.84 Å². The molecule has 0 radical (unpaired) electrons. The quantitative estimate of drug-likeness (QED) is 0.153. The average molecular weight is 464 g/mol. The lowest BCUT2D eigenvalue weighted by molar-refractivity contribution is 0.327. The normalized spacial score (nSPS) is 15.1. The summed E-state index contributed by atoms with van der Waals surface area (Å²) >= 11 is 6.22. The molecular weight excluding hydrogens is 441 g/mol. The van der Waals surface area contributed by atoms with Crippen LogP contribution in [0, 0.1) is 23.5 Å². The van der Waals surface area contributed by atoms with Gasteiger partial charge in [-0.2, -0.15) is 13.8 Å². The smallest absolute Gasteiger partial charge is 0.337 e. The fraction of sp³-hybridized carbons (Fsp3) is 0.400. The van der Waals surface area contributed by atoms with Crippen molar-refractivity contribution in [1.82, 2.24) is 9.55 Å². The van der Waals surface area contributed by atoms with E-state index in [1.807, 2.05) is 0 Å². The van der Waals surface area contributed by atoms with Gasteiger partial charge in [-0.1, -0.05) is 41.4 Å². The Labute approximate surface area is 178 Å². The molecule has 1 aromatic heterocycles. The van der Waals surface area contributed by atoms with Crippen molar-refractivity contribution < 1.29 is 21.7 Å². The molecule has 1 heterocycles. The first-order valence-electron chi connectivity index (χ1n) is 9.11. The minimum Gasteiger partial charge on any atom is -0.337 e. The van der Waals surface area contributed by atoms with Crippen LogP contribution in [0.2, 0.25) is 0 Å². The van der Waals surface area contributed by atoms with Crippen molar-refractivity contribution in [2.45, 2.75) is 52.6 Å². The van der Waals surface area contributed by atoms with Crippen LogP contribution < -0.4 is 5.19 Å². The Hall–Kier alpha value is -2.00. The van der Waals surface area contributed by atoms with Crippen molar-refractivity contribution in [3.63, 3.8) is 0 Å². The third-order valence-electron chi connectivity index (χ3n) is 3.94. The molecule has 164 valence electrons. The first-order chi connectivity index (χ1) is 13.6. The number of rotatable bonds is 3. The molecule has 3 nitrogen and oxygen atoms in total. The first kappa shape index (κ1) is 24.3. The van der Waals surface area contributed by atoms with Crippen LogP contribution in [0.1, 0.15) is 47.1 Å². The third-order valence-corrected chi connectivity index (χ3v) is 7.49. The van der Waals surface area contributed by atoms with Crippen LogP contribution in [-0.2, 0) is 0 Å². The number of halogens is 6. The summed E-state index contributed by atoms with van der Waals surface area (Å²) in [6.45, 7) is 9.92. The fourth-order valence-electron chi connectivity index (χ4n) is 2.88. The number of hydrogen-bond donors (Lipinski definition) is 0. The second kappa shape index (κ2) is 8.26. The van der Waals surface area contributed by atoms with Crippen LogP contribution in [0.25, 0.3) is 0 Å². The predicted molar refractivity (Wildman–Crippen MR) is 111 cm³/mol. The Bertz CT molecular complexity index is 927. The molecule has 0 aliphatic heterocycles. The summed E-state index contributed by atoms with van der Waals surface area (Å²) < 4.78 is 73.7. The molecule has 2 rings (SSSR count). The molecule has 1 unspecified atom stereocenters. The van der Waals surface area contributed by atoms with Crippen LogP contribution in [-0.4, -0.2) is 34.3 Å². The summed E-state index contributed by atoms with van der Waals surface area (Å²) in [4.78, 5) is 7.04. The van der Waals surface area contributed by atoms with E-state index in [0.29, 0.717) is 5.56 Å². The van der Waals surface area contributed by atoms with Crippen LogP contribution >= 0.6 is 11.1 Å². The highest BCUT2D eigenvalue weighted by atomic mass is 35.6. The van der Waals surface area contributed by atoms with Crippen molar-refractivity contribution in [2.75, 3.05) is 0 Å². The molecule has 0 N–H and O–H groups in total. The Morgan fingerprint density at radius 3 is 1.80 bits per heavy atom. The largest absolute Gasteiger partial charge is 0.486 e. The number of benzene rings is 1. The first-order valence-corrected chi connectivity index (χ1v) is 11.9. The molecule has 10 heteroatoms. The van der Waals surface area contributed by atoms with Gasteiger partial charge in [0.25, 0.3) is 11.9 Å². The molecule has 0 bridgehead atoms. The summed E-state index contributed by atoms with van der Waals surface area (Å²) in [7, 11) is -5.44. The lowest BCUT2D eigenvalue weighted by Gasteiger charge is -2.44. The zero-order valence-electron chi connectivity index (χ0n) is 17.5. The molecule has 0 saturated heterocycles. The van der Waals surface area contributed by atoms with E-state index in [4.69, 9.17) is 11.1 Å². The minimum absolute atomic E-state index is 0.0104. The number of amidine groups is 1. The van der Waals surface area contributed by atoms with Gasteiger partial charge in [-0.3, -0.25) is 9.10 Å². The van der Waals surface area contributed by atoms with E-state index in [9.17, 15) is 17.6 Å². The van der Waals surface area contributed by atoms with E-state index in [2.05, 4.69) is 9.98 Å². The lowest BCUT2D eigenvalue weighted by Crippen LogP contribution is -2.66. The third kappa shape index (κ3) is 5.00. The topological polar surface area (TPSA) is 28.5 Å². The molecule has 0 aliphatic carbocycles. The van der Waals surface area contributed by atoms with Crippen LogP contribution in [0.15, 0.2) is 35.3 Å². The number of pyridine rings is 1. The molecular formula is C20H23ClF5N3Si. The van der Waals surface area contributed by atoms with Crippen molar-refractivity contribution in [3.05, 3.63) is 59.4 Å². The zero-order valence-corrected chi connectivity index (χ0v) is 19.3. The number of aliphatic imine (C=N–C) groups is 1. The van der Waals surface area contributed by atoms with Gasteiger partial charge < -0.3 is 4.57 Å². The Kier molecular flexibility index (Phi) is 6.68. The summed E-state index contributed by atoms with van der Waals surface area (Å²) in [6.07, 6.45) is 0. The van der Waals surface area contributed by atoms with Crippen molar-refractivity contribution in [1.29, 1.82) is 0 Å². The van der Waals surface area contributed by atoms with E-state index >= 15 is 4.11 Å². The molecule has 0 spiro atoms. The maximum Gasteiger partial charge on any atom is 0.486 e. The van der Waals surface area contributed by atoms with Gasteiger partial charge in [0.2, 0.25) is 0 Å². The van der Waals surface area contributed by atoms with Gasteiger partial charge in [-0.15, -0.1) is 0 Å². The number of nitrogens with zero attached hydrogens (tertiary/aromatic N) is 3. The van der Waals surface area contributed by atoms with Crippen molar-refractivity contribution in [3.8, 4) is 0 Å². The van der Waals surface area contributed by atoms with E-state index in [0.717, 1.165) is 4.57 Å². The van der Waals surface area contributed by atoms with Gasteiger partial charge in [-0.05, 0) is 41.5 Å². The maximum absolute atomic E-state index is 16.3. The van der Waals surface area contributed by atoms with E-state index in [-0.39, 0.29) is 5.84 Å². The van der Waals surface area contributed by atoms with Crippen molar-refractivity contribution >= 4 is 30.0 Å². The second-order valence-corrected chi connectivity index (χ2v) is 12.2. The Morgan fingerprint density at radius 1 is 0.933 bits per heavy atom. The van der Waals surface area contributed by atoms with E-state index < -0.39 is 47.7 Å². The maximum atomic E-state index is 16.3. The predicted octanol–water partition coefficient (Wildman–Crippen LogP) is 5.34.